The molecule has 1 unspecified atom stereocenters. The molecule has 0 aliphatic rings. The molecular weight excluding hydrogens is 351 g/mol. The van der Waals surface area contributed by atoms with E-state index < -0.39 is 6.36 Å². The highest BCUT2D eigenvalue weighted by molar-refractivity contribution is 8.00. The lowest BCUT2D eigenvalue weighted by Gasteiger charge is -2.15. The number of alkyl halides is 3. The van der Waals surface area contributed by atoms with Crippen LogP contribution in [0.5, 0.6) is 5.75 Å². The van der Waals surface area contributed by atoms with Crippen molar-refractivity contribution >= 4 is 17.7 Å². The van der Waals surface area contributed by atoms with E-state index in [4.69, 9.17) is 0 Å². The molecule has 0 saturated carbocycles. The van der Waals surface area contributed by atoms with E-state index >= 15 is 0 Å². The summed E-state index contributed by atoms with van der Waals surface area (Å²) in [6, 6.07) is 13.0. The number of benzene rings is 2. The molecule has 0 saturated heterocycles. The van der Waals surface area contributed by atoms with Gasteiger partial charge in [0.25, 0.3) is 0 Å². The monoisotopic (exact) mass is 369 g/mol. The topological polar surface area (TPSA) is 38.3 Å². The van der Waals surface area contributed by atoms with Gasteiger partial charge in [0.15, 0.2) is 0 Å². The summed E-state index contributed by atoms with van der Waals surface area (Å²) >= 11 is 1.43. The van der Waals surface area contributed by atoms with E-state index in [0.717, 1.165) is 10.5 Å². The number of hydrogen-bond donors (Lipinski definition) is 1. The smallest absolute Gasteiger partial charge is 0.406 e. The number of carbonyl (C=O) groups excluding carboxylic acids is 1. The van der Waals surface area contributed by atoms with Crippen molar-refractivity contribution in [3.8, 4) is 5.75 Å². The van der Waals surface area contributed by atoms with Gasteiger partial charge in [-0.15, -0.1) is 24.9 Å². The number of rotatable bonds is 6. The Kier molecular flexibility index (Phi) is 6.36. The first-order valence-electron chi connectivity index (χ1n) is 7.57. The van der Waals surface area contributed by atoms with E-state index in [1.54, 1.807) is 6.92 Å². The number of halogens is 3. The zero-order valence-electron chi connectivity index (χ0n) is 13.8. The van der Waals surface area contributed by atoms with Gasteiger partial charge in [-0.25, -0.2) is 0 Å². The molecule has 1 amide bonds. The lowest BCUT2D eigenvalue weighted by atomic mass is 10.1. The van der Waals surface area contributed by atoms with E-state index in [1.807, 2.05) is 31.2 Å². The predicted molar refractivity (Wildman–Crippen MR) is 91.6 cm³/mol. The van der Waals surface area contributed by atoms with Crippen molar-refractivity contribution in [1.82, 2.24) is 5.32 Å². The van der Waals surface area contributed by atoms with Gasteiger partial charge in [-0.3, -0.25) is 4.79 Å². The summed E-state index contributed by atoms with van der Waals surface area (Å²) < 4.78 is 40.2. The Balaban J connectivity index is 1.84. The summed E-state index contributed by atoms with van der Waals surface area (Å²) in [5.41, 5.74) is 1.85. The quantitative estimate of drug-likeness (QED) is 0.739. The number of nitrogens with one attached hydrogen (secondary N) is 1. The van der Waals surface area contributed by atoms with E-state index in [9.17, 15) is 18.0 Å². The minimum Gasteiger partial charge on any atom is -0.406 e. The number of hydrogen-bond acceptors (Lipinski definition) is 3. The van der Waals surface area contributed by atoms with Crippen LogP contribution in [0.25, 0.3) is 0 Å². The van der Waals surface area contributed by atoms with Crippen molar-refractivity contribution in [3.05, 3.63) is 59.7 Å². The first kappa shape index (κ1) is 19.2. The van der Waals surface area contributed by atoms with Gasteiger partial charge in [0.2, 0.25) is 5.91 Å². The minimum atomic E-state index is -4.71. The van der Waals surface area contributed by atoms with Gasteiger partial charge in [0, 0.05) is 4.90 Å². The standard InChI is InChI=1S/C18H18F3NO2S/c1-12-3-9-16(10-4-12)25-11-17(23)22-13(2)14-5-7-15(8-6-14)24-18(19,20)21/h3-10,13H,11H2,1-2H3,(H,22,23). The summed E-state index contributed by atoms with van der Waals surface area (Å²) in [7, 11) is 0. The van der Waals surface area contributed by atoms with Gasteiger partial charge in [-0.1, -0.05) is 29.8 Å². The van der Waals surface area contributed by atoms with Crippen molar-refractivity contribution in [2.75, 3.05) is 5.75 Å². The van der Waals surface area contributed by atoms with E-state index in [2.05, 4.69) is 10.1 Å². The van der Waals surface area contributed by atoms with Gasteiger partial charge >= 0.3 is 6.36 Å². The molecule has 134 valence electrons. The molecule has 0 heterocycles. The maximum atomic E-state index is 12.1. The fourth-order valence-corrected chi connectivity index (χ4v) is 2.82. The van der Waals surface area contributed by atoms with Crippen LogP contribution in [0.1, 0.15) is 24.1 Å². The molecule has 2 rings (SSSR count). The number of carbonyl (C=O) groups is 1. The van der Waals surface area contributed by atoms with E-state index in [-0.39, 0.29) is 23.5 Å². The number of amides is 1. The normalized spacial score (nSPS) is 12.5. The van der Waals surface area contributed by atoms with Crippen LogP contribution in [-0.4, -0.2) is 18.0 Å². The zero-order chi connectivity index (χ0) is 18.4. The molecule has 0 aromatic heterocycles. The Bertz CT molecular complexity index is 700. The number of ether oxygens (including phenoxy) is 1. The average Bonchev–Trinajstić information content (AvgIpc) is 2.53. The first-order chi connectivity index (χ1) is 11.7. The van der Waals surface area contributed by atoms with Gasteiger partial charge in [0.1, 0.15) is 5.75 Å². The van der Waals surface area contributed by atoms with E-state index in [0.29, 0.717) is 5.56 Å². The lowest BCUT2D eigenvalue weighted by Crippen LogP contribution is -2.28. The van der Waals surface area contributed by atoms with Gasteiger partial charge in [-0.05, 0) is 43.7 Å². The molecule has 25 heavy (non-hydrogen) atoms. The van der Waals surface area contributed by atoms with Crippen LogP contribution in [0, 0.1) is 6.92 Å². The lowest BCUT2D eigenvalue weighted by molar-refractivity contribution is -0.274. The van der Waals surface area contributed by atoms with Crippen molar-refractivity contribution in [3.63, 3.8) is 0 Å². The molecule has 7 heteroatoms. The highest BCUT2D eigenvalue weighted by Crippen LogP contribution is 2.24. The Hall–Kier alpha value is -2.15. The molecule has 0 fully saturated rings. The number of aryl methyl sites for hydroxylation is 1. The van der Waals surface area contributed by atoms with Crippen LogP contribution in [-0.2, 0) is 4.79 Å². The second-order valence-corrected chi connectivity index (χ2v) is 6.56. The second-order valence-electron chi connectivity index (χ2n) is 5.51. The Labute approximate surface area is 148 Å². The van der Waals surface area contributed by atoms with Crippen molar-refractivity contribution in [2.24, 2.45) is 0 Å². The van der Waals surface area contributed by atoms with Crippen molar-refractivity contribution in [1.29, 1.82) is 0 Å². The third-order valence-corrected chi connectivity index (χ3v) is 4.39. The van der Waals surface area contributed by atoms with Crippen molar-refractivity contribution in [2.45, 2.75) is 31.1 Å². The summed E-state index contributed by atoms with van der Waals surface area (Å²) in [5.74, 6) is -0.166. The third-order valence-electron chi connectivity index (χ3n) is 3.38. The maximum Gasteiger partial charge on any atom is 0.573 e. The summed E-state index contributed by atoms with van der Waals surface area (Å²) in [6.45, 7) is 3.77. The molecule has 0 radical (unpaired) electrons. The molecule has 0 bridgehead atoms. The van der Waals surface area contributed by atoms with Crippen molar-refractivity contribution < 1.29 is 22.7 Å². The summed E-state index contributed by atoms with van der Waals surface area (Å²) in [4.78, 5) is 13.0. The molecule has 0 aliphatic carbocycles. The third kappa shape index (κ3) is 6.70. The molecule has 0 aliphatic heterocycles. The Morgan fingerprint density at radius 1 is 1.12 bits per heavy atom. The maximum absolute atomic E-state index is 12.1. The van der Waals surface area contributed by atoms with E-state index in [1.165, 1.54) is 36.0 Å². The van der Waals surface area contributed by atoms with Gasteiger partial charge in [0.05, 0.1) is 11.8 Å². The summed E-state index contributed by atoms with van der Waals surface area (Å²) in [6.07, 6.45) is -4.71. The van der Waals surface area contributed by atoms with Gasteiger partial charge < -0.3 is 10.1 Å². The zero-order valence-corrected chi connectivity index (χ0v) is 14.6. The second kappa shape index (κ2) is 8.29. The molecule has 2 aromatic carbocycles. The first-order valence-corrected chi connectivity index (χ1v) is 8.56. The molecule has 2 aromatic rings. The van der Waals surface area contributed by atoms with Gasteiger partial charge in [-0.2, -0.15) is 0 Å². The predicted octanol–water partition coefficient (Wildman–Crippen LogP) is 4.86. The molecule has 1 atom stereocenters. The number of thioether (sulfide) groups is 1. The largest absolute Gasteiger partial charge is 0.573 e. The SMILES string of the molecule is Cc1ccc(SCC(=O)NC(C)c2ccc(OC(F)(F)F)cc2)cc1. The molecule has 0 spiro atoms. The van der Waals surface area contributed by atoms with Crippen LogP contribution in [0.15, 0.2) is 53.4 Å². The highest BCUT2D eigenvalue weighted by Gasteiger charge is 2.31. The highest BCUT2D eigenvalue weighted by atomic mass is 32.2. The van der Waals surface area contributed by atoms with Crippen LogP contribution in [0.4, 0.5) is 13.2 Å². The van der Waals surface area contributed by atoms with Crippen LogP contribution < -0.4 is 10.1 Å². The average molecular weight is 369 g/mol. The molecule has 3 nitrogen and oxygen atoms in total. The Morgan fingerprint density at radius 3 is 2.28 bits per heavy atom. The van der Waals surface area contributed by atoms with Crippen LogP contribution in [0.2, 0.25) is 0 Å². The fraction of sp³-hybridized carbons (Fsp3) is 0.278. The minimum absolute atomic E-state index is 0.145. The molecular formula is C18H18F3NO2S. The molecule has 1 N–H and O–H groups in total. The van der Waals surface area contributed by atoms with Crippen LogP contribution >= 0.6 is 11.8 Å². The van der Waals surface area contributed by atoms with Crippen LogP contribution in [0.3, 0.4) is 0 Å². The Morgan fingerprint density at radius 2 is 1.72 bits per heavy atom. The fourth-order valence-electron chi connectivity index (χ4n) is 2.11. The summed E-state index contributed by atoms with van der Waals surface area (Å²) in [5, 5.41) is 2.82.